The number of ether oxygens (including phenoxy) is 1. The topological polar surface area (TPSA) is 21.3 Å². The summed E-state index contributed by atoms with van der Waals surface area (Å²) in [6, 6.07) is 0. The third-order valence-electron chi connectivity index (χ3n) is 3.42. The average molecular weight is 215 g/mol. The molecule has 0 heterocycles. The molecular formula is C13H29NO. The van der Waals surface area contributed by atoms with Crippen LogP contribution in [0.5, 0.6) is 0 Å². The summed E-state index contributed by atoms with van der Waals surface area (Å²) in [5, 5.41) is 3.63. The lowest BCUT2D eigenvalue weighted by atomic mass is 9.90. The maximum Gasteiger partial charge on any atom is 0.0591 e. The lowest BCUT2D eigenvalue weighted by molar-refractivity contribution is 0.123. The highest BCUT2D eigenvalue weighted by atomic mass is 16.5. The van der Waals surface area contributed by atoms with Crippen molar-refractivity contribution in [2.75, 3.05) is 19.8 Å². The Hall–Kier alpha value is -0.0800. The molecule has 0 fully saturated rings. The molecule has 2 nitrogen and oxygen atoms in total. The van der Waals surface area contributed by atoms with Crippen molar-refractivity contribution in [3.8, 4) is 0 Å². The third kappa shape index (κ3) is 6.16. The fraction of sp³-hybridized carbons (Fsp3) is 1.00. The Labute approximate surface area is 95.8 Å². The van der Waals surface area contributed by atoms with E-state index in [1.807, 2.05) is 0 Å². The molecule has 0 bridgehead atoms. The molecule has 0 unspecified atom stereocenters. The van der Waals surface area contributed by atoms with Crippen LogP contribution >= 0.6 is 0 Å². The van der Waals surface area contributed by atoms with E-state index in [2.05, 4.69) is 33.0 Å². The van der Waals surface area contributed by atoms with Crippen molar-refractivity contribution >= 4 is 0 Å². The highest BCUT2D eigenvalue weighted by Gasteiger charge is 2.21. The highest BCUT2D eigenvalue weighted by molar-refractivity contribution is 4.83. The number of nitrogens with one attached hydrogen (secondary N) is 1. The second-order valence-corrected chi connectivity index (χ2v) is 4.23. The van der Waals surface area contributed by atoms with Gasteiger partial charge < -0.3 is 10.1 Å². The van der Waals surface area contributed by atoms with Gasteiger partial charge in [-0.25, -0.2) is 0 Å². The number of hydrogen-bond donors (Lipinski definition) is 1. The van der Waals surface area contributed by atoms with Crippen LogP contribution in [0.2, 0.25) is 0 Å². The maximum atomic E-state index is 5.54. The molecule has 0 atom stereocenters. The Morgan fingerprint density at radius 1 is 0.933 bits per heavy atom. The fourth-order valence-electron chi connectivity index (χ4n) is 1.86. The minimum absolute atomic E-state index is 0.341. The van der Waals surface area contributed by atoms with Gasteiger partial charge in [0.15, 0.2) is 0 Å². The smallest absolute Gasteiger partial charge is 0.0591 e. The van der Waals surface area contributed by atoms with Gasteiger partial charge in [0.2, 0.25) is 0 Å². The molecule has 0 aromatic carbocycles. The van der Waals surface area contributed by atoms with Crippen LogP contribution in [0.1, 0.15) is 59.8 Å². The third-order valence-corrected chi connectivity index (χ3v) is 3.42. The molecule has 0 aliphatic heterocycles. The summed E-state index contributed by atoms with van der Waals surface area (Å²) in [6.07, 6.45) is 6.01. The van der Waals surface area contributed by atoms with Crippen LogP contribution in [0.25, 0.3) is 0 Å². The minimum atomic E-state index is 0.341. The molecule has 0 aliphatic carbocycles. The summed E-state index contributed by atoms with van der Waals surface area (Å²) in [4.78, 5) is 0. The summed E-state index contributed by atoms with van der Waals surface area (Å²) in [5.41, 5.74) is 0.341. The molecule has 92 valence electrons. The van der Waals surface area contributed by atoms with Crippen molar-refractivity contribution in [3.05, 3.63) is 0 Å². The summed E-state index contributed by atoms with van der Waals surface area (Å²) in [5.74, 6) is 0. The van der Waals surface area contributed by atoms with E-state index >= 15 is 0 Å². The minimum Gasteiger partial charge on any atom is -0.380 e. The van der Waals surface area contributed by atoms with Gasteiger partial charge in [-0.3, -0.25) is 0 Å². The highest BCUT2D eigenvalue weighted by Crippen LogP contribution is 2.18. The number of unbranched alkanes of at least 4 members (excludes halogenated alkanes) is 1. The van der Waals surface area contributed by atoms with Crippen LogP contribution in [0, 0.1) is 0 Å². The SMILES string of the molecule is CCCCOCCNC(CC)(CC)CC. The first kappa shape index (κ1) is 14.9. The standard InChI is InChI=1S/C13H29NO/c1-5-9-11-15-12-10-14-13(6-2,7-3)8-4/h14H,5-12H2,1-4H3. The first-order valence-electron chi connectivity index (χ1n) is 6.57. The van der Waals surface area contributed by atoms with E-state index in [1.165, 1.54) is 32.1 Å². The Balaban J connectivity index is 3.54. The molecule has 0 radical (unpaired) electrons. The molecule has 15 heavy (non-hydrogen) atoms. The molecule has 0 spiro atoms. The van der Waals surface area contributed by atoms with E-state index in [9.17, 15) is 0 Å². The van der Waals surface area contributed by atoms with Crippen LogP contribution in [-0.2, 0) is 4.74 Å². The first-order chi connectivity index (χ1) is 7.24. The van der Waals surface area contributed by atoms with Gasteiger partial charge in [0, 0.05) is 18.7 Å². The summed E-state index contributed by atoms with van der Waals surface area (Å²) < 4.78 is 5.54. The predicted molar refractivity (Wildman–Crippen MR) is 67.3 cm³/mol. The van der Waals surface area contributed by atoms with Gasteiger partial charge in [0.05, 0.1) is 6.61 Å². The van der Waals surface area contributed by atoms with Crippen LogP contribution in [0.4, 0.5) is 0 Å². The summed E-state index contributed by atoms with van der Waals surface area (Å²) >= 11 is 0. The zero-order chi connectivity index (χ0) is 11.6. The van der Waals surface area contributed by atoms with E-state index in [4.69, 9.17) is 4.74 Å². The zero-order valence-corrected chi connectivity index (χ0v) is 11.1. The predicted octanol–water partition coefficient (Wildman–Crippen LogP) is 3.36. The molecule has 0 amide bonds. The van der Waals surface area contributed by atoms with Crippen molar-refractivity contribution < 1.29 is 4.74 Å². The average Bonchev–Trinajstić information content (AvgIpc) is 2.29. The van der Waals surface area contributed by atoms with Crippen LogP contribution in [0.3, 0.4) is 0 Å². The monoisotopic (exact) mass is 215 g/mol. The van der Waals surface area contributed by atoms with E-state index in [0.29, 0.717) is 5.54 Å². The molecule has 1 N–H and O–H groups in total. The van der Waals surface area contributed by atoms with Crippen molar-refractivity contribution in [2.24, 2.45) is 0 Å². The van der Waals surface area contributed by atoms with Crippen LogP contribution in [-0.4, -0.2) is 25.3 Å². The molecule has 0 aliphatic rings. The molecule has 2 heteroatoms. The van der Waals surface area contributed by atoms with Gasteiger partial charge in [0.1, 0.15) is 0 Å². The summed E-state index contributed by atoms with van der Waals surface area (Å²) in [7, 11) is 0. The first-order valence-corrected chi connectivity index (χ1v) is 6.57. The zero-order valence-electron chi connectivity index (χ0n) is 11.1. The summed E-state index contributed by atoms with van der Waals surface area (Å²) in [6.45, 7) is 11.7. The van der Waals surface area contributed by atoms with E-state index < -0.39 is 0 Å². The molecule has 0 saturated carbocycles. The second-order valence-electron chi connectivity index (χ2n) is 4.23. The van der Waals surface area contributed by atoms with Crippen molar-refractivity contribution in [3.63, 3.8) is 0 Å². The molecule has 0 aromatic heterocycles. The van der Waals surface area contributed by atoms with Gasteiger partial charge in [-0.05, 0) is 25.7 Å². The quantitative estimate of drug-likeness (QED) is 0.564. The second kappa shape index (κ2) is 9.17. The number of rotatable bonds is 10. The van der Waals surface area contributed by atoms with Crippen molar-refractivity contribution in [2.45, 2.75) is 65.3 Å². The lowest BCUT2D eigenvalue weighted by Crippen LogP contribution is -2.45. The Morgan fingerprint density at radius 3 is 2.00 bits per heavy atom. The van der Waals surface area contributed by atoms with Gasteiger partial charge in [-0.1, -0.05) is 34.1 Å². The molecular weight excluding hydrogens is 186 g/mol. The fourth-order valence-corrected chi connectivity index (χ4v) is 1.86. The molecule has 0 aromatic rings. The number of hydrogen-bond acceptors (Lipinski definition) is 2. The molecule has 0 rings (SSSR count). The van der Waals surface area contributed by atoms with Crippen LogP contribution in [0.15, 0.2) is 0 Å². The van der Waals surface area contributed by atoms with Gasteiger partial charge in [-0.2, -0.15) is 0 Å². The van der Waals surface area contributed by atoms with Crippen molar-refractivity contribution in [1.82, 2.24) is 5.32 Å². The Morgan fingerprint density at radius 2 is 1.53 bits per heavy atom. The van der Waals surface area contributed by atoms with Gasteiger partial charge in [0.25, 0.3) is 0 Å². The van der Waals surface area contributed by atoms with Crippen molar-refractivity contribution in [1.29, 1.82) is 0 Å². The normalized spacial score (nSPS) is 12.0. The Kier molecular flexibility index (Phi) is 9.12. The lowest BCUT2D eigenvalue weighted by Gasteiger charge is -2.32. The largest absolute Gasteiger partial charge is 0.380 e. The van der Waals surface area contributed by atoms with E-state index in [1.54, 1.807) is 0 Å². The maximum absolute atomic E-state index is 5.54. The van der Waals surface area contributed by atoms with Gasteiger partial charge in [-0.15, -0.1) is 0 Å². The van der Waals surface area contributed by atoms with E-state index in [0.717, 1.165) is 19.8 Å². The van der Waals surface area contributed by atoms with Crippen LogP contribution < -0.4 is 5.32 Å². The van der Waals surface area contributed by atoms with Gasteiger partial charge >= 0.3 is 0 Å². The van der Waals surface area contributed by atoms with E-state index in [-0.39, 0.29) is 0 Å². The Bertz CT molecular complexity index is 124. The molecule has 0 saturated heterocycles.